The summed E-state index contributed by atoms with van der Waals surface area (Å²) in [6.45, 7) is 5.69. The number of rotatable bonds is 4. The van der Waals surface area contributed by atoms with Gasteiger partial charge in [0.1, 0.15) is 6.04 Å². The van der Waals surface area contributed by atoms with Gasteiger partial charge in [-0.1, -0.05) is 12.8 Å². The van der Waals surface area contributed by atoms with E-state index in [1.807, 2.05) is 4.90 Å². The van der Waals surface area contributed by atoms with Crippen LogP contribution in [0.5, 0.6) is 0 Å². The lowest BCUT2D eigenvalue weighted by Crippen LogP contribution is -2.54. The summed E-state index contributed by atoms with van der Waals surface area (Å²) in [4.78, 5) is 29.1. The molecule has 1 atom stereocenters. The van der Waals surface area contributed by atoms with Crippen LogP contribution in [0.1, 0.15) is 58.3 Å². The quantitative estimate of drug-likeness (QED) is 0.858. The highest BCUT2D eigenvalue weighted by Gasteiger charge is 2.36. The molecule has 0 aromatic rings. The van der Waals surface area contributed by atoms with Crippen molar-refractivity contribution in [3.05, 3.63) is 0 Å². The van der Waals surface area contributed by atoms with Crippen LogP contribution in [-0.2, 0) is 9.59 Å². The maximum Gasteiger partial charge on any atom is 0.245 e. The molecule has 3 rings (SSSR count). The summed E-state index contributed by atoms with van der Waals surface area (Å²) >= 11 is 0. The molecule has 0 unspecified atom stereocenters. The van der Waals surface area contributed by atoms with Crippen molar-refractivity contribution in [1.29, 1.82) is 0 Å². The molecule has 0 aromatic heterocycles. The van der Waals surface area contributed by atoms with Gasteiger partial charge in [-0.3, -0.25) is 9.59 Å². The van der Waals surface area contributed by atoms with Crippen LogP contribution in [0.3, 0.4) is 0 Å². The summed E-state index contributed by atoms with van der Waals surface area (Å²) in [7, 11) is 0. The van der Waals surface area contributed by atoms with E-state index in [2.05, 4.69) is 10.2 Å². The second-order valence-corrected chi connectivity index (χ2v) is 7.52. The third-order valence-electron chi connectivity index (χ3n) is 5.93. The standard InChI is InChI=1S/C18H31N3O2/c1-14(22)19-17(15-6-2-3-7-15)18(23)21-12-8-16(9-13-21)20-10-4-5-11-20/h15-17H,2-13H2,1H3,(H,19,22)/t17-/m0/s1. The zero-order valence-corrected chi connectivity index (χ0v) is 14.4. The summed E-state index contributed by atoms with van der Waals surface area (Å²) in [5, 5.41) is 2.94. The number of piperidine rings is 1. The molecule has 2 saturated heterocycles. The van der Waals surface area contributed by atoms with E-state index < -0.39 is 0 Å². The highest BCUT2D eigenvalue weighted by Crippen LogP contribution is 2.29. The Morgan fingerprint density at radius 1 is 0.913 bits per heavy atom. The molecule has 1 aliphatic carbocycles. The first-order valence-corrected chi connectivity index (χ1v) is 9.45. The zero-order valence-electron chi connectivity index (χ0n) is 14.4. The van der Waals surface area contributed by atoms with Gasteiger partial charge in [0.2, 0.25) is 11.8 Å². The first-order valence-electron chi connectivity index (χ1n) is 9.45. The molecule has 5 heteroatoms. The van der Waals surface area contributed by atoms with E-state index in [1.54, 1.807) is 0 Å². The van der Waals surface area contributed by atoms with Crippen LogP contribution in [0.25, 0.3) is 0 Å². The van der Waals surface area contributed by atoms with Crippen LogP contribution in [0.2, 0.25) is 0 Å². The molecule has 5 nitrogen and oxygen atoms in total. The highest BCUT2D eigenvalue weighted by atomic mass is 16.2. The maximum absolute atomic E-state index is 12.9. The largest absolute Gasteiger partial charge is 0.344 e. The van der Waals surface area contributed by atoms with Gasteiger partial charge in [-0.15, -0.1) is 0 Å². The minimum atomic E-state index is -0.293. The summed E-state index contributed by atoms with van der Waals surface area (Å²) in [5.41, 5.74) is 0. The molecule has 2 amide bonds. The molecular formula is C18H31N3O2. The number of likely N-dealkylation sites (tertiary alicyclic amines) is 2. The SMILES string of the molecule is CC(=O)N[C@H](C(=O)N1CCC(N2CCCC2)CC1)C1CCCC1. The molecule has 1 N–H and O–H groups in total. The number of hydrogen-bond donors (Lipinski definition) is 1. The van der Waals surface area contributed by atoms with Gasteiger partial charge in [0, 0.05) is 26.1 Å². The molecular weight excluding hydrogens is 290 g/mol. The molecule has 0 bridgehead atoms. The summed E-state index contributed by atoms with van der Waals surface area (Å²) in [5.74, 6) is 0.414. The van der Waals surface area contributed by atoms with Crippen molar-refractivity contribution in [3.8, 4) is 0 Å². The first-order chi connectivity index (χ1) is 11.1. The normalized spacial score (nSPS) is 25.7. The summed E-state index contributed by atoms with van der Waals surface area (Å²) in [6.07, 6.45) is 9.33. The number of nitrogens with one attached hydrogen (secondary N) is 1. The lowest BCUT2D eigenvalue weighted by Gasteiger charge is -2.38. The van der Waals surface area contributed by atoms with Gasteiger partial charge in [0.25, 0.3) is 0 Å². The number of carbonyl (C=O) groups is 2. The zero-order chi connectivity index (χ0) is 16.2. The number of nitrogens with zero attached hydrogens (tertiary/aromatic N) is 2. The molecule has 2 heterocycles. The lowest BCUT2D eigenvalue weighted by atomic mass is 9.95. The van der Waals surface area contributed by atoms with E-state index >= 15 is 0 Å². The second kappa shape index (κ2) is 7.65. The smallest absolute Gasteiger partial charge is 0.245 e. The van der Waals surface area contributed by atoms with Crippen LogP contribution >= 0.6 is 0 Å². The van der Waals surface area contributed by atoms with E-state index in [9.17, 15) is 9.59 Å². The van der Waals surface area contributed by atoms with Crippen molar-refractivity contribution >= 4 is 11.8 Å². The monoisotopic (exact) mass is 321 g/mol. The average Bonchev–Trinajstić information content (AvgIpc) is 3.25. The van der Waals surface area contributed by atoms with E-state index in [4.69, 9.17) is 0 Å². The molecule has 130 valence electrons. The Morgan fingerprint density at radius 2 is 1.52 bits per heavy atom. The molecule has 0 aromatic carbocycles. The molecule has 3 aliphatic rings. The molecule has 0 radical (unpaired) electrons. The Kier molecular flexibility index (Phi) is 5.57. The summed E-state index contributed by atoms with van der Waals surface area (Å²) in [6, 6.07) is 0.366. The number of carbonyl (C=O) groups excluding carboxylic acids is 2. The Bertz CT molecular complexity index is 420. The topological polar surface area (TPSA) is 52.7 Å². The fourth-order valence-corrected chi connectivity index (χ4v) is 4.65. The van der Waals surface area contributed by atoms with Crippen molar-refractivity contribution in [3.63, 3.8) is 0 Å². The Hall–Kier alpha value is -1.10. The Morgan fingerprint density at radius 3 is 2.09 bits per heavy atom. The maximum atomic E-state index is 12.9. The third kappa shape index (κ3) is 4.06. The van der Waals surface area contributed by atoms with Crippen LogP contribution < -0.4 is 5.32 Å². The molecule has 3 fully saturated rings. The van der Waals surface area contributed by atoms with Crippen LogP contribution in [0, 0.1) is 5.92 Å². The van der Waals surface area contributed by atoms with Crippen molar-refractivity contribution in [1.82, 2.24) is 15.1 Å². The lowest BCUT2D eigenvalue weighted by molar-refractivity contribution is -0.139. The molecule has 23 heavy (non-hydrogen) atoms. The van der Waals surface area contributed by atoms with Crippen LogP contribution in [0.4, 0.5) is 0 Å². The van der Waals surface area contributed by atoms with Gasteiger partial charge >= 0.3 is 0 Å². The Labute approximate surface area is 139 Å². The van der Waals surface area contributed by atoms with Gasteiger partial charge in [0.15, 0.2) is 0 Å². The van der Waals surface area contributed by atoms with Crippen molar-refractivity contribution in [2.24, 2.45) is 5.92 Å². The number of hydrogen-bond acceptors (Lipinski definition) is 3. The fraction of sp³-hybridized carbons (Fsp3) is 0.889. The minimum absolute atomic E-state index is 0.0813. The van der Waals surface area contributed by atoms with Crippen LogP contribution in [0.15, 0.2) is 0 Å². The van der Waals surface area contributed by atoms with Crippen molar-refractivity contribution in [2.45, 2.75) is 70.4 Å². The molecule has 1 saturated carbocycles. The van der Waals surface area contributed by atoms with Crippen molar-refractivity contribution < 1.29 is 9.59 Å². The van der Waals surface area contributed by atoms with Crippen molar-refractivity contribution in [2.75, 3.05) is 26.2 Å². The molecule has 0 spiro atoms. The van der Waals surface area contributed by atoms with E-state index in [1.165, 1.54) is 45.7 Å². The van der Waals surface area contributed by atoms with Gasteiger partial charge in [-0.2, -0.15) is 0 Å². The van der Waals surface area contributed by atoms with E-state index in [0.29, 0.717) is 12.0 Å². The fourth-order valence-electron chi connectivity index (χ4n) is 4.65. The average molecular weight is 321 g/mol. The predicted octanol–water partition coefficient (Wildman–Crippen LogP) is 1.77. The van der Waals surface area contributed by atoms with Gasteiger partial charge in [-0.05, 0) is 57.5 Å². The van der Waals surface area contributed by atoms with Gasteiger partial charge in [0.05, 0.1) is 0 Å². The summed E-state index contributed by atoms with van der Waals surface area (Å²) < 4.78 is 0. The van der Waals surface area contributed by atoms with E-state index in [0.717, 1.165) is 38.8 Å². The first kappa shape index (κ1) is 16.7. The van der Waals surface area contributed by atoms with Gasteiger partial charge in [-0.25, -0.2) is 0 Å². The minimum Gasteiger partial charge on any atom is -0.344 e. The number of amides is 2. The predicted molar refractivity (Wildman–Crippen MR) is 90.0 cm³/mol. The van der Waals surface area contributed by atoms with E-state index in [-0.39, 0.29) is 17.9 Å². The molecule has 2 aliphatic heterocycles. The Balaban J connectivity index is 1.56. The van der Waals surface area contributed by atoms with Gasteiger partial charge < -0.3 is 15.1 Å². The third-order valence-corrected chi connectivity index (χ3v) is 5.93. The van der Waals surface area contributed by atoms with Crippen LogP contribution in [-0.4, -0.2) is 59.9 Å². The second-order valence-electron chi connectivity index (χ2n) is 7.52. The highest BCUT2D eigenvalue weighted by molar-refractivity contribution is 5.87.